The molecule has 5 heteroatoms. The number of aryl methyl sites for hydroxylation is 2. The molecule has 0 spiro atoms. The van der Waals surface area contributed by atoms with Gasteiger partial charge in [-0.2, -0.15) is 0 Å². The van der Waals surface area contributed by atoms with Crippen molar-refractivity contribution in [3.8, 4) is 5.69 Å². The van der Waals surface area contributed by atoms with Crippen molar-refractivity contribution in [3.63, 3.8) is 0 Å². The van der Waals surface area contributed by atoms with Crippen molar-refractivity contribution in [2.45, 2.75) is 46.6 Å². The third kappa shape index (κ3) is 3.04. The molecule has 0 aliphatic rings. The van der Waals surface area contributed by atoms with Gasteiger partial charge >= 0.3 is 0 Å². The molecule has 1 aromatic heterocycles. The fourth-order valence-corrected chi connectivity index (χ4v) is 2.93. The molecule has 0 saturated carbocycles. The number of aromatic nitrogens is 3. The number of rotatable bonds is 5. The molecule has 1 heterocycles. The van der Waals surface area contributed by atoms with Crippen LogP contribution in [0, 0.1) is 13.8 Å². The Balaban J connectivity index is 2.55. The number of hydrogen-bond acceptors (Lipinski definition) is 3. The summed E-state index contributed by atoms with van der Waals surface area (Å²) in [7, 11) is 1.97. The van der Waals surface area contributed by atoms with Gasteiger partial charge < -0.3 is 5.32 Å². The highest BCUT2D eigenvalue weighted by atomic mass is 79.9. The van der Waals surface area contributed by atoms with Crippen LogP contribution in [-0.2, 0) is 6.42 Å². The van der Waals surface area contributed by atoms with Crippen molar-refractivity contribution < 1.29 is 0 Å². The Morgan fingerprint density at radius 1 is 1.24 bits per heavy atom. The quantitative estimate of drug-likeness (QED) is 0.889. The molecule has 0 fully saturated rings. The normalized spacial score (nSPS) is 12.7. The van der Waals surface area contributed by atoms with E-state index in [1.54, 1.807) is 0 Å². The third-order valence-corrected chi connectivity index (χ3v) is 5.13. The highest BCUT2D eigenvalue weighted by molar-refractivity contribution is 9.10. The lowest BCUT2D eigenvalue weighted by atomic mass is 10.1. The summed E-state index contributed by atoms with van der Waals surface area (Å²) in [6.45, 7) is 8.52. The summed E-state index contributed by atoms with van der Waals surface area (Å²) in [6, 6.07) is 4.55. The predicted molar refractivity (Wildman–Crippen MR) is 90.0 cm³/mol. The van der Waals surface area contributed by atoms with Crippen molar-refractivity contribution in [1.82, 2.24) is 20.3 Å². The molecule has 0 saturated heterocycles. The van der Waals surface area contributed by atoms with Crippen LogP contribution in [0.5, 0.6) is 0 Å². The van der Waals surface area contributed by atoms with Gasteiger partial charge in [-0.25, -0.2) is 4.68 Å². The van der Waals surface area contributed by atoms with E-state index in [0.717, 1.165) is 28.7 Å². The van der Waals surface area contributed by atoms with Crippen molar-refractivity contribution >= 4 is 15.9 Å². The zero-order chi connectivity index (χ0) is 15.6. The Kier molecular flexibility index (Phi) is 5.17. The monoisotopic (exact) mass is 350 g/mol. The average Bonchev–Trinajstić information content (AvgIpc) is 2.89. The van der Waals surface area contributed by atoms with E-state index in [2.05, 4.69) is 71.4 Å². The SMILES string of the molecule is CCc1c(C(CC)NC)nnn1-c1cc(C)c(Br)c(C)c1. The first kappa shape index (κ1) is 16.2. The molecule has 21 heavy (non-hydrogen) atoms. The van der Waals surface area contributed by atoms with Crippen molar-refractivity contribution in [3.05, 3.63) is 39.1 Å². The van der Waals surface area contributed by atoms with Gasteiger partial charge in [-0.15, -0.1) is 5.10 Å². The Bertz CT molecular complexity index is 606. The summed E-state index contributed by atoms with van der Waals surface area (Å²) < 4.78 is 3.13. The summed E-state index contributed by atoms with van der Waals surface area (Å²) in [5.41, 5.74) is 5.74. The van der Waals surface area contributed by atoms with E-state index in [4.69, 9.17) is 0 Å². The smallest absolute Gasteiger partial charge is 0.103 e. The number of benzene rings is 1. The van der Waals surface area contributed by atoms with E-state index in [1.807, 2.05) is 11.7 Å². The molecule has 0 bridgehead atoms. The summed E-state index contributed by atoms with van der Waals surface area (Å²) in [5.74, 6) is 0. The molecule has 0 aliphatic heterocycles. The van der Waals surface area contributed by atoms with Crippen LogP contribution in [0.25, 0.3) is 5.69 Å². The summed E-state index contributed by atoms with van der Waals surface area (Å²) in [5, 5.41) is 12.1. The van der Waals surface area contributed by atoms with Gasteiger partial charge in [0.15, 0.2) is 0 Å². The number of halogens is 1. The molecule has 0 aliphatic carbocycles. The van der Waals surface area contributed by atoms with Gasteiger partial charge in [-0.1, -0.05) is 35.0 Å². The van der Waals surface area contributed by atoms with Crippen LogP contribution in [0.1, 0.15) is 48.8 Å². The third-order valence-electron chi connectivity index (χ3n) is 3.88. The van der Waals surface area contributed by atoms with Crippen LogP contribution < -0.4 is 5.32 Å². The van der Waals surface area contributed by atoms with E-state index in [1.165, 1.54) is 16.8 Å². The fraction of sp³-hybridized carbons (Fsp3) is 0.500. The van der Waals surface area contributed by atoms with Crippen molar-refractivity contribution in [2.75, 3.05) is 7.05 Å². The van der Waals surface area contributed by atoms with Crippen molar-refractivity contribution in [2.24, 2.45) is 0 Å². The number of hydrogen-bond donors (Lipinski definition) is 1. The molecule has 1 atom stereocenters. The Hall–Kier alpha value is -1.20. The molecule has 1 aromatic carbocycles. The second-order valence-electron chi connectivity index (χ2n) is 5.33. The van der Waals surface area contributed by atoms with Gasteiger partial charge in [-0.05, 0) is 57.0 Å². The zero-order valence-electron chi connectivity index (χ0n) is 13.4. The molecule has 0 radical (unpaired) electrons. The topological polar surface area (TPSA) is 42.7 Å². The fourth-order valence-electron chi connectivity index (χ4n) is 2.70. The molecular weight excluding hydrogens is 328 g/mol. The number of nitrogens with zero attached hydrogens (tertiary/aromatic N) is 3. The minimum Gasteiger partial charge on any atom is -0.312 e. The van der Waals surface area contributed by atoms with Crippen LogP contribution in [0.2, 0.25) is 0 Å². The standard InChI is InChI=1S/C16H23BrN4/c1-6-13(18-5)16-14(7-2)21(20-19-16)12-8-10(3)15(17)11(4)9-12/h8-9,13,18H,6-7H2,1-5H3. The van der Waals surface area contributed by atoms with E-state index in [9.17, 15) is 0 Å². The predicted octanol–water partition coefficient (Wildman–Crippen LogP) is 3.88. The lowest BCUT2D eigenvalue weighted by Crippen LogP contribution is -2.17. The highest BCUT2D eigenvalue weighted by Gasteiger charge is 2.19. The molecule has 2 aromatic rings. The van der Waals surface area contributed by atoms with Gasteiger partial charge in [0.2, 0.25) is 0 Å². The van der Waals surface area contributed by atoms with Gasteiger partial charge in [0, 0.05) is 4.47 Å². The first-order valence-corrected chi connectivity index (χ1v) is 8.21. The van der Waals surface area contributed by atoms with E-state index in [-0.39, 0.29) is 6.04 Å². The molecular formula is C16H23BrN4. The zero-order valence-corrected chi connectivity index (χ0v) is 15.0. The minimum atomic E-state index is 0.256. The number of nitrogens with one attached hydrogen (secondary N) is 1. The van der Waals surface area contributed by atoms with Gasteiger partial charge in [0.05, 0.1) is 17.4 Å². The molecule has 4 nitrogen and oxygen atoms in total. The first-order valence-electron chi connectivity index (χ1n) is 7.42. The molecule has 114 valence electrons. The Morgan fingerprint density at radius 2 is 1.86 bits per heavy atom. The summed E-state index contributed by atoms with van der Waals surface area (Å²) in [6.07, 6.45) is 1.91. The van der Waals surface area contributed by atoms with Gasteiger partial charge in [-0.3, -0.25) is 0 Å². The lowest BCUT2D eigenvalue weighted by molar-refractivity contribution is 0.555. The average molecular weight is 351 g/mol. The highest BCUT2D eigenvalue weighted by Crippen LogP contribution is 2.26. The molecule has 1 N–H and O–H groups in total. The molecule has 1 unspecified atom stereocenters. The van der Waals surface area contributed by atoms with E-state index >= 15 is 0 Å². The second kappa shape index (κ2) is 6.71. The van der Waals surface area contributed by atoms with Crippen LogP contribution in [-0.4, -0.2) is 22.0 Å². The minimum absolute atomic E-state index is 0.256. The molecule has 0 amide bonds. The van der Waals surface area contributed by atoms with Crippen LogP contribution in [0.3, 0.4) is 0 Å². The second-order valence-corrected chi connectivity index (χ2v) is 6.12. The van der Waals surface area contributed by atoms with Crippen LogP contribution in [0.15, 0.2) is 16.6 Å². The molecule has 2 rings (SSSR count). The largest absolute Gasteiger partial charge is 0.312 e. The van der Waals surface area contributed by atoms with Crippen LogP contribution >= 0.6 is 15.9 Å². The maximum absolute atomic E-state index is 4.43. The maximum atomic E-state index is 4.43. The summed E-state index contributed by atoms with van der Waals surface area (Å²) >= 11 is 3.62. The first-order chi connectivity index (χ1) is 10.0. The van der Waals surface area contributed by atoms with Crippen LogP contribution in [0.4, 0.5) is 0 Å². The Morgan fingerprint density at radius 3 is 2.33 bits per heavy atom. The van der Waals surface area contributed by atoms with E-state index in [0.29, 0.717) is 0 Å². The van der Waals surface area contributed by atoms with Gasteiger partial charge in [0.1, 0.15) is 5.69 Å². The van der Waals surface area contributed by atoms with Gasteiger partial charge in [0.25, 0.3) is 0 Å². The summed E-state index contributed by atoms with van der Waals surface area (Å²) in [4.78, 5) is 0. The Labute approximate surface area is 135 Å². The maximum Gasteiger partial charge on any atom is 0.103 e. The van der Waals surface area contributed by atoms with Crippen molar-refractivity contribution in [1.29, 1.82) is 0 Å². The van der Waals surface area contributed by atoms with E-state index < -0.39 is 0 Å². The lowest BCUT2D eigenvalue weighted by Gasteiger charge is -2.14.